The molecule has 1 aliphatic heterocycles. The van der Waals surface area contributed by atoms with Crippen molar-refractivity contribution in [3.8, 4) is 0 Å². The Morgan fingerprint density at radius 1 is 1.00 bits per heavy atom. The molecule has 0 bridgehead atoms. The van der Waals surface area contributed by atoms with Crippen LogP contribution in [-0.4, -0.2) is 82.0 Å². The van der Waals surface area contributed by atoms with Gasteiger partial charge in [-0.25, -0.2) is 0 Å². The van der Waals surface area contributed by atoms with Crippen molar-refractivity contribution in [2.24, 2.45) is 5.92 Å². The van der Waals surface area contributed by atoms with Gasteiger partial charge in [0.2, 0.25) is 6.29 Å². The van der Waals surface area contributed by atoms with Crippen LogP contribution in [0.5, 0.6) is 0 Å². The van der Waals surface area contributed by atoms with Gasteiger partial charge in [-0.2, -0.15) is 0 Å². The van der Waals surface area contributed by atoms with E-state index in [0.717, 1.165) is 25.9 Å². The highest BCUT2D eigenvalue weighted by molar-refractivity contribution is 5.69. The standard InChI is InChI=1S/C18H34N2O5/c1-14-12-18(25-17(22)9-7-11-20(4)5)24-15(14)13-23-16(21)8-6-10-19(2)3/h14-15,18H,6-13H2,1-5H3/t14-,15?,18?/m1/s1. The van der Waals surface area contributed by atoms with Crippen LogP contribution >= 0.6 is 0 Å². The highest BCUT2D eigenvalue weighted by atomic mass is 16.7. The third-order valence-corrected chi connectivity index (χ3v) is 4.17. The van der Waals surface area contributed by atoms with E-state index in [1.54, 1.807) is 0 Å². The second-order valence-electron chi connectivity index (χ2n) is 7.30. The van der Waals surface area contributed by atoms with Crippen LogP contribution in [-0.2, 0) is 23.8 Å². The molecular formula is C18H34N2O5. The Labute approximate surface area is 151 Å². The molecule has 146 valence electrons. The predicted octanol–water partition coefficient (Wildman–Crippen LogP) is 1.51. The molecule has 0 amide bonds. The van der Waals surface area contributed by atoms with Gasteiger partial charge in [-0.15, -0.1) is 0 Å². The van der Waals surface area contributed by atoms with Gasteiger partial charge in [-0.3, -0.25) is 9.59 Å². The van der Waals surface area contributed by atoms with E-state index in [-0.39, 0.29) is 30.6 Å². The van der Waals surface area contributed by atoms with Crippen molar-refractivity contribution < 1.29 is 23.8 Å². The minimum atomic E-state index is -0.528. The molecule has 25 heavy (non-hydrogen) atoms. The van der Waals surface area contributed by atoms with Crippen molar-refractivity contribution in [2.45, 2.75) is 51.4 Å². The first-order valence-corrected chi connectivity index (χ1v) is 9.08. The summed E-state index contributed by atoms with van der Waals surface area (Å²) < 4.78 is 16.4. The maximum Gasteiger partial charge on any atom is 0.308 e. The predicted molar refractivity (Wildman–Crippen MR) is 95.1 cm³/mol. The molecule has 0 spiro atoms. The lowest BCUT2D eigenvalue weighted by atomic mass is 10.0. The SMILES string of the molecule is C[C@@H]1CC(OC(=O)CCCN(C)C)OC1COC(=O)CCCN(C)C. The van der Waals surface area contributed by atoms with Crippen molar-refractivity contribution in [1.29, 1.82) is 0 Å². The Balaban J connectivity index is 2.21. The van der Waals surface area contributed by atoms with E-state index in [2.05, 4.69) is 0 Å². The number of esters is 2. The Morgan fingerprint density at radius 2 is 1.56 bits per heavy atom. The van der Waals surface area contributed by atoms with Crippen molar-refractivity contribution in [1.82, 2.24) is 9.80 Å². The largest absolute Gasteiger partial charge is 0.463 e. The molecule has 0 N–H and O–H groups in total. The molecule has 1 aliphatic rings. The number of hydrogen-bond acceptors (Lipinski definition) is 7. The van der Waals surface area contributed by atoms with E-state index in [0.29, 0.717) is 19.3 Å². The lowest BCUT2D eigenvalue weighted by Crippen LogP contribution is -2.25. The fraction of sp³-hybridized carbons (Fsp3) is 0.889. The van der Waals surface area contributed by atoms with Gasteiger partial charge in [0.05, 0.1) is 6.10 Å². The Hall–Kier alpha value is -1.18. The van der Waals surface area contributed by atoms with Gasteiger partial charge in [-0.05, 0) is 60.0 Å². The summed E-state index contributed by atoms with van der Waals surface area (Å²) in [7, 11) is 7.89. The van der Waals surface area contributed by atoms with E-state index in [1.807, 2.05) is 44.9 Å². The van der Waals surface area contributed by atoms with Crippen LogP contribution < -0.4 is 0 Å². The second-order valence-corrected chi connectivity index (χ2v) is 7.30. The first-order chi connectivity index (χ1) is 11.8. The topological polar surface area (TPSA) is 68.3 Å². The monoisotopic (exact) mass is 358 g/mol. The number of rotatable bonds is 11. The van der Waals surface area contributed by atoms with Crippen LogP contribution in [0.2, 0.25) is 0 Å². The Bertz CT molecular complexity index is 414. The molecular weight excluding hydrogens is 324 g/mol. The van der Waals surface area contributed by atoms with Crippen LogP contribution in [0.3, 0.4) is 0 Å². The van der Waals surface area contributed by atoms with Gasteiger partial charge in [0.1, 0.15) is 6.61 Å². The molecule has 0 aromatic heterocycles. The molecule has 1 heterocycles. The molecule has 0 aromatic rings. The van der Waals surface area contributed by atoms with Crippen molar-refractivity contribution in [3.63, 3.8) is 0 Å². The summed E-state index contributed by atoms with van der Waals surface area (Å²) in [6.45, 7) is 3.95. The normalized spacial score (nSPS) is 23.2. The molecule has 0 radical (unpaired) electrons. The van der Waals surface area contributed by atoms with Crippen molar-refractivity contribution in [3.05, 3.63) is 0 Å². The number of nitrogens with zero attached hydrogens (tertiary/aromatic N) is 2. The van der Waals surface area contributed by atoms with E-state index in [1.165, 1.54) is 0 Å². The van der Waals surface area contributed by atoms with Gasteiger partial charge in [0.25, 0.3) is 0 Å². The van der Waals surface area contributed by atoms with E-state index in [4.69, 9.17) is 14.2 Å². The van der Waals surface area contributed by atoms with Gasteiger partial charge < -0.3 is 24.0 Å². The lowest BCUT2D eigenvalue weighted by molar-refractivity contribution is -0.180. The van der Waals surface area contributed by atoms with Gasteiger partial charge >= 0.3 is 11.9 Å². The molecule has 7 heteroatoms. The average Bonchev–Trinajstić information content (AvgIpc) is 2.84. The highest BCUT2D eigenvalue weighted by Gasteiger charge is 2.35. The van der Waals surface area contributed by atoms with Gasteiger partial charge in [-0.1, -0.05) is 6.92 Å². The first-order valence-electron chi connectivity index (χ1n) is 9.08. The molecule has 1 rings (SSSR count). The molecule has 3 atom stereocenters. The van der Waals surface area contributed by atoms with Gasteiger partial charge in [0.15, 0.2) is 0 Å². The summed E-state index contributed by atoms with van der Waals surface area (Å²) in [6.07, 6.45) is 2.24. The zero-order valence-electron chi connectivity index (χ0n) is 16.3. The minimum absolute atomic E-state index is 0.189. The zero-order chi connectivity index (χ0) is 18.8. The Kier molecular flexibility index (Phi) is 10.0. The number of ether oxygens (including phenoxy) is 3. The molecule has 2 unspecified atom stereocenters. The average molecular weight is 358 g/mol. The third-order valence-electron chi connectivity index (χ3n) is 4.17. The summed E-state index contributed by atoms with van der Waals surface area (Å²) >= 11 is 0. The summed E-state index contributed by atoms with van der Waals surface area (Å²) in [4.78, 5) is 27.6. The summed E-state index contributed by atoms with van der Waals surface area (Å²) in [5, 5.41) is 0. The van der Waals surface area contributed by atoms with Crippen LogP contribution in [0, 0.1) is 5.92 Å². The molecule has 0 aliphatic carbocycles. The molecule has 7 nitrogen and oxygen atoms in total. The van der Waals surface area contributed by atoms with E-state index in [9.17, 15) is 9.59 Å². The fourth-order valence-corrected chi connectivity index (χ4v) is 2.65. The van der Waals surface area contributed by atoms with Crippen LogP contribution in [0.1, 0.15) is 39.0 Å². The zero-order valence-corrected chi connectivity index (χ0v) is 16.3. The molecule has 1 fully saturated rings. The van der Waals surface area contributed by atoms with E-state index >= 15 is 0 Å². The first kappa shape index (κ1) is 21.9. The number of carbonyl (C=O) groups is 2. The second kappa shape index (κ2) is 11.4. The maximum atomic E-state index is 11.8. The van der Waals surface area contributed by atoms with Crippen molar-refractivity contribution >= 4 is 11.9 Å². The quantitative estimate of drug-likeness (QED) is 0.519. The third kappa shape index (κ3) is 9.77. The molecule has 0 aromatic carbocycles. The van der Waals surface area contributed by atoms with Crippen LogP contribution in [0.25, 0.3) is 0 Å². The van der Waals surface area contributed by atoms with Gasteiger partial charge in [0, 0.05) is 19.3 Å². The highest BCUT2D eigenvalue weighted by Crippen LogP contribution is 2.27. The smallest absolute Gasteiger partial charge is 0.308 e. The number of hydrogen-bond donors (Lipinski definition) is 0. The summed E-state index contributed by atoms with van der Waals surface area (Å²) in [5.41, 5.74) is 0. The fourth-order valence-electron chi connectivity index (χ4n) is 2.65. The minimum Gasteiger partial charge on any atom is -0.463 e. The molecule has 0 saturated carbocycles. The summed E-state index contributed by atoms with van der Waals surface area (Å²) in [5.74, 6) is -0.253. The summed E-state index contributed by atoms with van der Waals surface area (Å²) in [6, 6.07) is 0. The Morgan fingerprint density at radius 3 is 2.12 bits per heavy atom. The molecule has 1 saturated heterocycles. The van der Waals surface area contributed by atoms with Crippen LogP contribution in [0.4, 0.5) is 0 Å². The van der Waals surface area contributed by atoms with Crippen molar-refractivity contribution in [2.75, 3.05) is 47.9 Å². The van der Waals surface area contributed by atoms with Crippen LogP contribution in [0.15, 0.2) is 0 Å². The maximum absolute atomic E-state index is 11.8. The van der Waals surface area contributed by atoms with E-state index < -0.39 is 6.29 Å². The lowest BCUT2D eigenvalue weighted by Gasteiger charge is -2.16. The number of carbonyl (C=O) groups excluding carboxylic acids is 2.